The highest BCUT2D eigenvalue weighted by atomic mass is 32.1. The van der Waals surface area contributed by atoms with Crippen LogP contribution in [0.2, 0.25) is 0 Å². The Morgan fingerprint density at radius 1 is 1.16 bits per heavy atom. The Kier molecular flexibility index (Phi) is 4.32. The maximum Gasteiger partial charge on any atom is 0.349 e. The number of hydrogen-bond donors (Lipinski definition) is 0. The lowest BCUT2D eigenvalue weighted by molar-refractivity contribution is 0.0435. The monoisotopic (exact) mass is 360 g/mol. The smallest absolute Gasteiger partial charge is 0.349 e. The molecule has 132 valence electrons. The van der Waals surface area contributed by atoms with Crippen LogP contribution in [0, 0.1) is 20.8 Å². The highest BCUT2D eigenvalue weighted by Gasteiger charge is 2.24. The second-order valence-corrected chi connectivity index (χ2v) is 7.93. The van der Waals surface area contributed by atoms with Gasteiger partial charge in [-0.2, -0.15) is 4.98 Å². The third kappa shape index (κ3) is 3.39. The summed E-state index contributed by atoms with van der Waals surface area (Å²) >= 11 is 1.32. The Morgan fingerprint density at radius 3 is 2.48 bits per heavy atom. The molecule has 0 unspecified atom stereocenters. The molecule has 0 spiro atoms. The van der Waals surface area contributed by atoms with E-state index in [2.05, 4.69) is 40.9 Å². The number of fused-ring (bicyclic) bond motifs is 1. The summed E-state index contributed by atoms with van der Waals surface area (Å²) in [5.41, 5.74) is 1.55. The van der Waals surface area contributed by atoms with Gasteiger partial charge in [0.05, 0.1) is 5.69 Å². The van der Waals surface area contributed by atoms with Crippen LogP contribution in [0.3, 0.4) is 0 Å². The fraction of sp³-hybridized carbons (Fsp3) is 0.471. The molecule has 3 heterocycles. The summed E-state index contributed by atoms with van der Waals surface area (Å²) in [6.07, 6.45) is 0. The van der Waals surface area contributed by atoms with E-state index in [1.54, 1.807) is 6.92 Å². The van der Waals surface area contributed by atoms with Gasteiger partial charge in [0.1, 0.15) is 15.5 Å². The zero-order chi connectivity index (χ0) is 18.4. The number of rotatable bonds is 3. The quantitative estimate of drug-likeness (QED) is 0.658. The van der Waals surface area contributed by atoms with Crippen molar-refractivity contribution >= 4 is 27.5 Å². The number of aromatic nitrogens is 4. The average Bonchev–Trinajstić information content (AvgIpc) is 3.08. The molecule has 25 heavy (non-hydrogen) atoms. The Morgan fingerprint density at radius 2 is 1.88 bits per heavy atom. The molecule has 3 aromatic rings. The number of carbonyl (C=O) groups excluding carboxylic acids is 1. The molecule has 0 N–H and O–H groups in total. The Labute approximate surface area is 149 Å². The van der Waals surface area contributed by atoms with Crippen LogP contribution in [0.15, 0.2) is 4.52 Å². The SMILES string of the molecule is Cc1noc(COC(=O)c2sc3nc(C(C)(C)C)nc(C)c3c2C)n1. The molecule has 0 bridgehead atoms. The molecule has 7 nitrogen and oxygen atoms in total. The molecular formula is C17H20N4O3S. The van der Waals surface area contributed by atoms with Crippen molar-refractivity contribution in [2.75, 3.05) is 0 Å². The molecule has 8 heteroatoms. The number of hydrogen-bond acceptors (Lipinski definition) is 8. The highest BCUT2D eigenvalue weighted by molar-refractivity contribution is 7.20. The summed E-state index contributed by atoms with van der Waals surface area (Å²) in [4.78, 5) is 27.1. The van der Waals surface area contributed by atoms with Crippen LogP contribution in [0.4, 0.5) is 0 Å². The zero-order valence-electron chi connectivity index (χ0n) is 15.1. The summed E-state index contributed by atoms with van der Waals surface area (Å²) in [6.45, 7) is 11.7. The molecule has 0 saturated heterocycles. The minimum atomic E-state index is -0.423. The van der Waals surface area contributed by atoms with Crippen LogP contribution in [0.5, 0.6) is 0 Å². The fourth-order valence-corrected chi connectivity index (χ4v) is 3.59. The van der Waals surface area contributed by atoms with Crippen molar-refractivity contribution < 1.29 is 14.1 Å². The first kappa shape index (κ1) is 17.5. The Bertz CT molecular complexity index is 953. The summed E-state index contributed by atoms with van der Waals surface area (Å²) in [5, 5.41) is 4.59. The molecule has 0 amide bonds. The largest absolute Gasteiger partial charge is 0.451 e. The van der Waals surface area contributed by atoms with Gasteiger partial charge in [-0.25, -0.2) is 14.8 Å². The van der Waals surface area contributed by atoms with Crippen molar-refractivity contribution in [2.45, 2.75) is 53.6 Å². The molecule has 3 rings (SSSR count). The molecule has 0 aliphatic carbocycles. The predicted molar refractivity (Wildman–Crippen MR) is 93.7 cm³/mol. The maximum atomic E-state index is 12.5. The van der Waals surface area contributed by atoms with Gasteiger partial charge in [-0.3, -0.25) is 0 Å². The zero-order valence-corrected chi connectivity index (χ0v) is 15.9. The molecular weight excluding hydrogens is 340 g/mol. The van der Waals surface area contributed by atoms with Crippen molar-refractivity contribution in [1.29, 1.82) is 0 Å². The molecule has 0 saturated carbocycles. The first-order valence-corrected chi connectivity index (χ1v) is 8.73. The van der Waals surface area contributed by atoms with E-state index < -0.39 is 5.97 Å². The van der Waals surface area contributed by atoms with Gasteiger partial charge in [0.25, 0.3) is 5.89 Å². The van der Waals surface area contributed by atoms with E-state index in [0.29, 0.717) is 10.7 Å². The summed E-state index contributed by atoms with van der Waals surface area (Å²) < 4.78 is 10.3. The number of nitrogens with zero attached hydrogens (tertiary/aromatic N) is 4. The van der Waals surface area contributed by atoms with E-state index in [1.165, 1.54) is 11.3 Å². The standard InChI is InChI=1S/C17H20N4O3S/c1-8-12-9(2)18-16(17(4,5)6)20-14(12)25-13(8)15(22)23-7-11-19-10(3)21-24-11/h7H2,1-6H3. The lowest BCUT2D eigenvalue weighted by Gasteiger charge is -2.16. The third-order valence-electron chi connectivity index (χ3n) is 3.72. The van der Waals surface area contributed by atoms with Gasteiger partial charge >= 0.3 is 5.97 Å². The van der Waals surface area contributed by atoms with E-state index in [9.17, 15) is 4.79 Å². The Hall–Kier alpha value is -2.35. The van der Waals surface area contributed by atoms with Crippen molar-refractivity contribution in [3.63, 3.8) is 0 Å². The van der Waals surface area contributed by atoms with Crippen LogP contribution in [-0.4, -0.2) is 26.1 Å². The van der Waals surface area contributed by atoms with Gasteiger partial charge in [0.15, 0.2) is 12.4 Å². The lowest BCUT2D eigenvalue weighted by atomic mass is 9.95. The summed E-state index contributed by atoms with van der Waals surface area (Å²) in [7, 11) is 0. The second kappa shape index (κ2) is 6.18. The topological polar surface area (TPSA) is 91.0 Å². The number of carbonyl (C=O) groups is 1. The van der Waals surface area contributed by atoms with Gasteiger partial charge in [-0.05, 0) is 26.3 Å². The van der Waals surface area contributed by atoms with Crippen molar-refractivity contribution in [1.82, 2.24) is 20.1 Å². The van der Waals surface area contributed by atoms with E-state index in [1.807, 2.05) is 13.8 Å². The summed E-state index contributed by atoms with van der Waals surface area (Å²) in [6, 6.07) is 0. The number of esters is 1. The second-order valence-electron chi connectivity index (χ2n) is 6.93. The first-order chi connectivity index (χ1) is 11.7. The van der Waals surface area contributed by atoms with Crippen LogP contribution in [-0.2, 0) is 16.8 Å². The highest BCUT2D eigenvalue weighted by Crippen LogP contribution is 2.33. The van der Waals surface area contributed by atoms with Crippen LogP contribution < -0.4 is 0 Å². The molecule has 0 fully saturated rings. The number of ether oxygens (including phenoxy) is 1. The average molecular weight is 360 g/mol. The van der Waals surface area contributed by atoms with Crippen molar-refractivity contribution in [2.24, 2.45) is 0 Å². The van der Waals surface area contributed by atoms with Gasteiger partial charge in [-0.1, -0.05) is 25.9 Å². The van der Waals surface area contributed by atoms with Crippen molar-refractivity contribution in [3.05, 3.63) is 33.7 Å². The fourth-order valence-electron chi connectivity index (χ4n) is 2.46. The van der Waals surface area contributed by atoms with Crippen LogP contribution >= 0.6 is 11.3 Å². The number of aryl methyl sites for hydroxylation is 3. The molecule has 0 aliphatic rings. The van der Waals surface area contributed by atoms with E-state index in [-0.39, 0.29) is 17.9 Å². The van der Waals surface area contributed by atoms with E-state index >= 15 is 0 Å². The van der Waals surface area contributed by atoms with Crippen LogP contribution in [0.25, 0.3) is 10.2 Å². The molecule has 0 aliphatic heterocycles. The lowest BCUT2D eigenvalue weighted by Crippen LogP contribution is -2.16. The summed E-state index contributed by atoms with van der Waals surface area (Å²) in [5.74, 6) is 1.12. The minimum Gasteiger partial charge on any atom is -0.451 e. The van der Waals surface area contributed by atoms with E-state index in [0.717, 1.165) is 27.3 Å². The normalized spacial score (nSPS) is 11.9. The van der Waals surface area contributed by atoms with Crippen LogP contribution in [0.1, 0.15) is 59.2 Å². The predicted octanol–water partition coefficient (Wildman–Crippen LogP) is 3.65. The minimum absolute atomic E-state index is 0.0503. The van der Waals surface area contributed by atoms with Gasteiger partial charge in [0, 0.05) is 10.8 Å². The molecule has 0 atom stereocenters. The molecule has 0 aromatic carbocycles. The third-order valence-corrected chi connectivity index (χ3v) is 4.89. The van der Waals surface area contributed by atoms with Gasteiger partial charge in [0.2, 0.25) is 0 Å². The maximum absolute atomic E-state index is 12.5. The molecule has 3 aromatic heterocycles. The Balaban J connectivity index is 1.92. The number of thiophene rings is 1. The first-order valence-electron chi connectivity index (χ1n) is 7.91. The van der Waals surface area contributed by atoms with E-state index in [4.69, 9.17) is 9.26 Å². The van der Waals surface area contributed by atoms with Gasteiger partial charge in [-0.15, -0.1) is 11.3 Å². The van der Waals surface area contributed by atoms with Crippen molar-refractivity contribution in [3.8, 4) is 0 Å². The van der Waals surface area contributed by atoms with Gasteiger partial charge < -0.3 is 9.26 Å². The molecule has 0 radical (unpaired) electrons.